The van der Waals surface area contributed by atoms with Crippen molar-refractivity contribution in [3.05, 3.63) is 23.8 Å². The van der Waals surface area contributed by atoms with Gasteiger partial charge < -0.3 is 20.2 Å². The molecule has 6 nitrogen and oxygen atoms in total. The number of nitrogens with zero attached hydrogens (tertiary/aromatic N) is 1. The van der Waals surface area contributed by atoms with E-state index in [4.69, 9.17) is 0 Å². The molecule has 1 unspecified atom stereocenters. The zero-order chi connectivity index (χ0) is 15.5. The minimum atomic E-state index is -1.65. The Morgan fingerprint density at radius 1 is 1.20 bits per heavy atom. The largest absolute Gasteiger partial charge is 0.508 e. The first-order chi connectivity index (χ1) is 9.23. The minimum absolute atomic E-state index is 0.145. The van der Waals surface area contributed by atoms with Gasteiger partial charge in [0.15, 0.2) is 5.54 Å². The first kappa shape index (κ1) is 15.8. The minimum Gasteiger partial charge on any atom is -0.508 e. The van der Waals surface area contributed by atoms with Crippen LogP contribution in [0.5, 0.6) is 11.5 Å². The molecule has 110 valence electrons. The van der Waals surface area contributed by atoms with Crippen molar-refractivity contribution in [1.29, 1.82) is 0 Å². The molecule has 0 fully saturated rings. The van der Waals surface area contributed by atoms with Crippen molar-refractivity contribution in [1.82, 2.24) is 4.90 Å². The van der Waals surface area contributed by atoms with Crippen LogP contribution in [0.1, 0.15) is 32.8 Å². The Kier molecular flexibility index (Phi) is 4.60. The van der Waals surface area contributed by atoms with E-state index in [0.717, 1.165) is 6.07 Å². The summed E-state index contributed by atoms with van der Waals surface area (Å²) in [6.07, 6.45) is 0.591. The fourth-order valence-electron chi connectivity index (χ4n) is 2.19. The SMILES string of the molecule is CCCN(C(C)=O)C(C)(C(=O)O)c1cc(O)cc(O)c1. The van der Waals surface area contributed by atoms with Gasteiger partial charge in [0.05, 0.1) is 0 Å². The molecule has 0 heterocycles. The Morgan fingerprint density at radius 3 is 2.05 bits per heavy atom. The Balaban J connectivity index is 3.47. The Labute approximate surface area is 117 Å². The summed E-state index contributed by atoms with van der Waals surface area (Å²) in [5.41, 5.74) is -1.51. The predicted molar refractivity (Wildman–Crippen MR) is 72.4 cm³/mol. The van der Waals surface area contributed by atoms with Crippen molar-refractivity contribution in [2.24, 2.45) is 0 Å². The molecule has 1 amide bonds. The van der Waals surface area contributed by atoms with Crippen molar-refractivity contribution in [3.63, 3.8) is 0 Å². The number of carboxylic acids is 1. The quantitative estimate of drug-likeness (QED) is 0.762. The van der Waals surface area contributed by atoms with E-state index in [1.54, 1.807) is 0 Å². The lowest BCUT2D eigenvalue weighted by Gasteiger charge is -2.37. The maximum absolute atomic E-state index is 11.8. The molecule has 1 aromatic carbocycles. The second kappa shape index (κ2) is 5.81. The maximum Gasteiger partial charge on any atom is 0.334 e. The number of phenolic OH excluding ortho intramolecular Hbond substituents is 2. The van der Waals surface area contributed by atoms with Gasteiger partial charge >= 0.3 is 5.97 Å². The van der Waals surface area contributed by atoms with E-state index in [1.807, 2.05) is 6.92 Å². The van der Waals surface area contributed by atoms with Gasteiger partial charge in [-0.2, -0.15) is 0 Å². The maximum atomic E-state index is 11.8. The monoisotopic (exact) mass is 281 g/mol. The molecule has 1 aromatic rings. The van der Waals surface area contributed by atoms with Gasteiger partial charge in [0, 0.05) is 19.5 Å². The average molecular weight is 281 g/mol. The predicted octanol–water partition coefficient (Wildman–Crippen LogP) is 1.66. The molecule has 0 aliphatic heterocycles. The smallest absolute Gasteiger partial charge is 0.334 e. The fourth-order valence-corrected chi connectivity index (χ4v) is 2.19. The molecule has 0 saturated carbocycles. The van der Waals surface area contributed by atoms with Crippen LogP contribution in [0.4, 0.5) is 0 Å². The summed E-state index contributed by atoms with van der Waals surface area (Å²) in [6, 6.07) is 3.57. The lowest BCUT2D eigenvalue weighted by Crippen LogP contribution is -2.52. The third-order valence-corrected chi connectivity index (χ3v) is 3.25. The number of carboxylic acid groups (broad SMARTS) is 1. The lowest BCUT2D eigenvalue weighted by atomic mass is 9.89. The summed E-state index contributed by atoms with van der Waals surface area (Å²) < 4.78 is 0. The highest BCUT2D eigenvalue weighted by atomic mass is 16.4. The van der Waals surface area contributed by atoms with E-state index >= 15 is 0 Å². The number of aromatic hydroxyl groups is 2. The van der Waals surface area contributed by atoms with E-state index in [0.29, 0.717) is 6.42 Å². The molecule has 20 heavy (non-hydrogen) atoms. The zero-order valence-electron chi connectivity index (χ0n) is 11.8. The van der Waals surface area contributed by atoms with Gasteiger partial charge in [0.1, 0.15) is 11.5 Å². The number of amides is 1. The van der Waals surface area contributed by atoms with Crippen molar-refractivity contribution in [2.45, 2.75) is 32.7 Å². The zero-order valence-corrected chi connectivity index (χ0v) is 11.8. The van der Waals surface area contributed by atoms with Gasteiger partial charge in [-0.3, -0.25) is 4.79 Å². The number of phenols is 2. The van der Waals surface area contributed by atoms with Crippen LogP contribution >= 0.6 is 0 Å². The van der Waals surface area contributed by atoms with E-state index in [1.165, 1.54) is 30.9 Å². The van der Waals surface area contributed by atoms with Crippen molar-refractivity contribution >= 4 is 11.9 Å². The highest BCUT2D eigenvalue weighted by Crippen LogP contribution is 2.34. The van der Waals surface area contributed by atoms with Gasteiger partial charge in [0.25, 0.3) is 0 Å². The van der Waals surface area contributed by atoms with Crippen LogP contribution in [0.15, 0.2) is 18.2 Å². The molecule has 0 aliphatic rings. The van der Waals surface area contributed by atoms with Crippen LogP contribution in [0.2, 0.25) is 0 Å². The Morgan fingerprint density at radius 2 is 1.70 bits per heavy atom. The van der Waals surface area contributed by atoms with Crippen LogP contribution in [-0.2, 0) is 15.1 Å². The second-order valence-corrected chi connectivity index (χ2v) is 4.79. The molecule has 6 heteroatoms. The van der Waals surface area contributed by atoms with Gasteiger partial charge in [-0.1, -0.05) is 6.92 Å². The van der Waals surface area contributed by atoms with Crippen molar-refractivity contribution < 1.29 is 24.9 Å². The van der Waals surface area contributed by atoms with Crippen LogP contribution in [0, 0.1) is 0 Å². The molecule has 0 aliphatic carbocycles. The molecule has 1 atom stereocenters. The molecule has 0 bridgehead atoms. The highest BCUT2D eigenvalue weighted by molar-refractivity contribution is 5.87. The fraction of sp³-hybridized carbons (Fsp3) is 0.429. The van der Waals surface area contributed by atoms with E-state index in [2.05, 4.69) is 0 Å². The van der Waals surface area contributed by atoms with Crippen LogP contribution < -0.4 is 0 Å². The average Bonchev–Trinajstić information content (AvgIpc) is 2.33. The first-order valence-corrected chi connectivity index (χ1v) is 6.28. The Bertz CT molecular complexity index is 508. The Hall–Kier alpha value is -2.24. The molecule has 1 rings (SSSR count). The third-order valence-electron chi connectivity index (χ3n) is 3.25. The summed E-state index contributed by atoms with van der Waals surface area (Å²) >= 11 is 0. The van der Waals surface area contributed by atoms with E-state index in [9.17, 15) is 24.9 Å². The van der Waals surface area contributed by atoms with Gasteiger partial charge in [-0.25, -0.2) is 4.79 Å². The molecule has 0 radical (unpaired) electrons. The molecule has 0 spiro atoms. The summed E-state index contributed by atoms with van der Waals surface area (Å²) in [7, 11) is 0. The van der Waals surface area contributed by atoms with Crippen molar-refractivity contribution in [3.8, 4) is 11.5 Å². The van der Waals surface area contributed by atoms with Crippen LogP contribution in [0.25, 0.3) is 0 Å². The standard InChI is InChI=1S/C14H19NO5/c1-4-5-15(9(2)16)14(3,13(19)20)10-6-11(17)8-12(18)7-10/h6-8,17-18H,4-5H2,1-3H3,(H,19,20). The number of carbonyl (C=O) groups is 2. The number of benzene rings is 1. The van der Waals surface area contributed by atoms with Gasteiger partial charge in [-0.15, -0.1) is 0 Å². The summed E-state index contributed by atoms with van der Waals surface area (Å²) in [5, 5.41) is 28.6. The number of carbonyl (C=O) groups excluding carboxylic acids is 1. The van der Waals surface area contributed by atoms with Crippen LogP contribution in [-0.4, -0.2) is 38.6 Å². The molecule has 0 aromatic heterocycles. The van der Waals surface area contributed by atoms with Crippen molar-refractivity contribution in [2.75, 3.05) is 6.54 Å². The topological polar surface area (TPSA) is 98.1 Å². The lowest BCUT2D eigenvalue weighted by molar-refractivity contribution is -0.158. The molecule has 0 saturated heterocycles. The number of hydrogen-bond acceptors (Lipinski definition) is 4. The van der Waals surface area contributed by atoms with Crippen LogP contribution in [0.3, 0.4) is 0 Å². The van der Waals surface area contributed by atoms with E-state index in [-0.39, 0.29) is 29.5 Å². The highest BCUT2D eigenvalue weighted by Gasteiger charge is 2.43. The summed E-state index contributed by atoms with van der Waals surface area (Å²) in [6.45, 7) is 4.76. The molecular formula is C14H19NO5. The van der Waals surface area contributed by atoms with Gasteiger partial charge in [0.2, 0.25) is 5.91 Å². The third kappa shape index (κ3) is 2.84. The summed E-state index contributed by atoms with van der Waals surface area (Å²) in [4.78, 5) is 24.7. The van der Waals surface area contributed by atoms with E-state index < -0.39 is 11.5 Å². The normalized spacial score (nSPS) is 13.6. The number of hydrogen-bond donors (Lipinski definition) is 3. The van der Waals surface area contributed by atoms with Gasteiger partial charge in [-0.05, 0) is 31.0 Å². The number of rotatable bonds is 5. The first-order valence-electron chi connectivity index (χ1n) is 6.28. The molecular weight excluding hydrogens is 262 g/mol. The number of aliphatic carboxylic acids is 1. The second-order valence-electron chi connectivity index (χ2n) is 4.79. The molecule has 3 N–H and O–H groups in total. The summed E-state index contributed by atoms with van der Waals surface area (Å²) in [5.74, 6) is -2.13.